The molecule has 0 amide bonds. The number of benzene rings is 2. The molecule has 0 radical (unpaired) electrons. The normalized spacial score (nSPS) is 12.5. The predicted octanol–water partition coefficient (Wildman–Crippen LogP) is 6.44. The first-order valence-electron chi connectivity index (χ1n) is 13.9. The molecule has 2 heterocycles. The van der Waals surface area contributed by atoms with Crippen molar-refractivity contribution >= 4 is 66.4 Å². The number of esters is 2. The molecular weight excluding hydrogens is 608 g/mol. The quantitative estimate of drug-likeness (QED) is 0.0877. The molecule has 10 nitrogen and oxygen atoms in total. The Morgan fingerprint density at radius 3 is 1.66 bits per heavy atom. The van der Waals surface area contributed by atoms with E-state index in [0.717, 1.165) is 20.2 Å². The topological polar surface area (TPSA) is 135 Å². The number of hydrogen-bond acceptors (Lipinski definition) is 12. The van der Waals surface area contributed by atoms with Gasteiger partial charge in [-0.05, 0) is 35.0 Å². The molecule has 2 atom stereocenters. The van der Waals surface area contributed by atoms with E-state index in [0.29, 0.717) is 34.3 Å². The van der Waals surface area contributed by atoms with E-state index in [4.69, 9.17) is 23.7 Å². The van der Waals surface area contributed by atoms with Crippen LogP contribution in [-0.2, 0) is 19.1 Å². The number of ether oxygens (including phenoxy) is 5. The lowest BCUT2D eigenvalue weighted by Gasteiger charge is -2.12. The van der Waals surface area contributed by atoms with E-state index in [1.54, 1.807) is 38.1 Å². The zero-order chi connectivity index (χ0) is 32.0. The summed E-state index contributed by atoms with van der Waals surface area (Å²) in [5.41, 5.74) is 0. The van der Waals surface area contributed by atoms with Crippen LogP contribution >= 0.6 is 22.7 Å². The van der Waals surface area contributed by atoms with Crippen molar-refractivity contribution in [2.24, 2.45) is 11.8 Å². The van der Waals surface area contributed by atoms with Gasteiger partial charge >= 0.3 is 11.9 Å². The second-order valence-corrected chi connectivity index (χ2v) is 12.4. The van der Waals surface area contributed by atoms with Gasteiger partial charge in [0.25, 0.3) is 0 Å². The maximum atomic E-state index is 12.7. The van der Waals surface area contributed by atoms with Crippen LogP contribution in [-0.4, -0.2) is 63.2 Å². The Balaban J connectivity index is 1.34. The van der Waals surface area contributed by atoms with Crippen LogP contribution in [0.1, 0.15) is 52.5 Å². The Kier molecular flexibility index (Phi) is 10.8. The van der Waals surface area contributed by atoms with E-state index in [-0.39, 0.29) is 42.5 Å². The molecule has 1 N–H and O–H groups in total. The third kappa shape index (κ3) is 7.67. The maximum Gasteiger partial charge on any atom is 0.308 e. The number of carbonyl (C=O) groups excluding carboxylic acids is 4. The van der Waals surface area contributed by atoms with Crippen LogP contribution in [0.4, 0.5) is 0 Å². The summed E-state index contributed by atoms with van der Waals surface area (Å²) in [4.78, 5) is 49.8. The molecule has 2 aromatic carbocycles. The Morgan fingerprint density at radius 2 is 1.16 bits per heavy atom. The van der Waals surface area contributed by atoms with E-state index in [1.807, 2.05) is 12.1 Å². The molecular formula is C32H34O10S2. The molecule has 0 aliphatic rings. The van der Waals surface area contributed by atoms with Crippen LogP contribution in [0.5, 0.6) is 23.0 Å². The molecule has 0 saturated carbocycles. The van der Waals surface area contributed by atoms with Gasteiger partial charge < -0.3 is 28.8 Å². The van der Waals surface area contributed by atoms with Gasteiger partial charge in [0.15, 0.2) is 34.6 Å². The number of methoxy groups -OCH3 is 3. The fourth-order valence-electron chi connectivity index (χ4n) is 4.51. The average molecular weight is 643 g/mol. The third-order valence-electron chi connectivity index (χ3n) is 6.94. The molecule has 0 unspecified atom stereocenters. The summed E-state index contributed by atoms with van der Waals surface area (Å²) in [5.74, 6) is -0.968. The Bertz CT molecular complexity index is 1690. The van der Waals surface area contributed by atoms with Gasteiger partial charge in [-0.2, -0.15) is 0 Å². The summed E-state index contributed by atoms with van der Waals surface area (Å²) in [7, 11) is 4.13. The van der Waals surface area contributed by atoms with Crippen LogP contribution in [0.25, 0.3) is 20.2 Å². The fourth-order valence-corrected chi connectivity index (χ4v) is 6.56. The molecule has 234 valence electrons. The van der Waals surface area contributed by atoms with Crippen molar-refractivity contribution in [1.82, 2.24) is 0 Å². The van der Waals surface area contributed by atoms with Crippen molar-refractivity contribution in [3.8, 4) is 23.0 Å². The summed E-state index contributed by atoms with van der Waals surface area (Å²) < 4.78 is 28.3. The van der Waals surface area contributed by atoms with Crippen molar-refractivity contribution in [2.75, 3.05) is 34.5 Å². The number of thiophene rings is 2. The molecule has 2 aromatic heterocycles. The van der Waals surface area contributed by atoms with E-state index in [9.17, 15) is 24.3 Å². The van der Waals surface area contributed by atoms with E-state index in [2.05, 4.69) is 0 Å². The number of Topliss-reactive ketones (excluding diaryl/α,β-unsaturated/α-hetero) is 2. The number of hydrogen-bond donors (Lipinski definition) is 1. The molecule has 4 rings (SSSR count). The number of rotatable bonds is 15. The van der Waals surface area contributed by atoms with Crippen molar-refractivity contribution in [3.05, 3.63) is 46.2 Å². The molecule has 12 heteroatoms. The number of fused-ring (bicyclic) bond motifs is 2. The number of phenolic OH excluding ortho intramolecular Hbond substituents is 1. The summed E-state index contributed by atoms with van der Waals surface area (Å²) in [5, 5.41) is 12.1. The van der Waals surface area contributed by atoms with Gasteiger partial charge in [0.05, 0.1) is 56.1 Å². The predicted molar refractivity (Wildman–Crippen MR) is 168 cm³/mol. The highest BCUT2D eigenvalue weighted by molar-refractivity contribution is 7.21. The smallest absolute Gasteiger partial charge is 0.308 e. The Morgan fingerprint density at radius 1 is 0.682 bits per heavy atom. The summed E-state index contributed by atoms with van der Waals surface area (Å²) in [6.45, 7) is 3.86. The highest BCUT2D eigenvalue weighted by Crippen LogP contribution is 2.38. The van der Waals surface area contributed by atoms with Crippen molar-refractivity contribution in [2.45, 2.75) is 33.1 Å². The number of ketones is 2. The summed E-state index contributed by atoms with van der Waals surface area (Å²) in [6, 6.07) is 10.4. The first kappa shape index (κ1) is 32.7. The molecule has 0 aliphatic carbocycles. The highest BCUT2D eigenvalue weighted by atomic mass is 32.1. The molecule has 0 aliphatic heterocycles. The second-order valence-electron chi connectivity index (χ2n) is 10.3. The molecule has 0 spiro atoms. The van der Waals surface area contributed by atoms with Gasteiger partial charge in [-0.15, -0.1) is 22.7 Å². The van der Waals surface area contributed by atoms with Gasteiger partial charge in [-0.3, -0.25) is 19.2 Å². The zero-order valence-corrected chi connectivity index (χ0v) is 26.7. The fraction of sp³-hybridized carbons (Fsp3) is 0.375. The van der Waals surface area contributed by atoms with E-state index in [1.165, 1.54) is 44.0 Å². The van der Waals surface area contributed by atoms with Gasteiger partial charge in [0, 0.05) is 40.8 Å². The average Bonchev–Trinajstić information content (AvgIpc) is 3.63. The van der Waals surface area contributed by atoms with E-state index < -0.39 is 23.8 Å². The van der Waals surface area contributed by atoms with Crippen LogP contribution < -0.4 is 14.2 Å². The van der Waals surface area contributed by atoms with Crippen molar-refractivity contribution < 1.29 is 48.0 Å². The minimum absolute atomic E-state index is 0.0363. The van der Waals surface area contributed by atoms with Crippen molar-refractivity contribution in [3.63, 3.8) is 0 Å². The Hall–Kier alpha value is -4.16. The minimum atomic E-state index is -0.547. The monoisotopic (exact) mass is 642 g/mol. The molecule has 44 heavy (non-hydrogen) atoms. The van der Waals surface area contributed by atoms with E-state index >= 15 is 0 Å². The molecule has 4 aromatic rings. The van der Waals surface area contributed by atoms with Crippen LogP contribution in [0.15, 0.2) is 36.4 Å². The second kappa shape index (κ2) is 14.5. The zero-order valence-electron chi connectivity index (χ0n) is 25.1. The van der Waals surface area contributed by atoms with Crippen molar-refractivity contribution in [1.29, 1.82) is 0 Å². The molecule has 0 fully saturated rings. The largest absolute Gasteiger partial charge is 0.504 e. The van der Waals surface area contributed by atoms with Gasteiger partial charge in [-0.1, -0.05) is 13.8 Å². The summed E-state index contributed by atoms with van der Waals surface area (Å²) >= 11 is 2.57. The van der Waals surface area contributed by atoms with Crippen LogP contribution in [0.2, 0.25) is 0 Å². The summed E-state index contributed by atoms with van der Waals surface area (Å²) in [6.07, 6.45) is 0.593. The maximum absolute atomic E-state index is 12.7. The van der Waals surface area contributed by atoms with Gasteiger partial charge in [0.2, 0.25) is 0 Å². The minimum Gasteiger partial charge on any atom is -0.504 e. The lowest BCUT2D eigenvalue weighted by molar-refractivity contribution is -0.145. The first-order chi connectivity index (χ1) is 21.0. The molecule has 0 bridgehead atoms. The third-order valence-corrected chi connectivity index (χ3v) is 9.22. The SMILES string of the molecule is COC(=O)[C@@H](C)CC(=O)c1cc2cc(OCCCOc3cc4cc(C(=O)C[C@H](C)C(=O)OC)sc4cc3OC)c(O)cc2s1. The van der Waals surface area contributed by atoms with Crippen LogP contribution in [0.3, 0.4) is 0 Å². The number of aromatic hydroxyl groups is 1. The lowest BCUT2D eigenvalue weighted by atomic mass is 10.0. The van der Waals surface area contributed by atoms with Crippen LogP contribution in [0, 0.1) is 11.8 Å². The van der Waals surface area contributed by atoms with Gasteiger partial charge in [-0.25, -0.2) is 0 Å². The molecule has 0 saturated heterocycles. The number of phenols is 1. The first-order valence-corrected chi connectivity index (χ1v) is 15.5. The van der Waals surface area contributed by atoms with Gasteiger partial charge in [0.1, 0.15) is 0 Å². The standard InChI is InChI=1S/C32H34O10S2/c1-17(31(36)39-4)9-22(34)29-13-19-11-24(21(33)15-27(19)43-29)41-7-6-8-42-26-12-20-14-30(44-28(20)16-25(26)38-3)23(35)10-18(2)32(37)40-5/h11-18,33H,6-10H2,1-5H3/t17-,18-/m0/s1. The highest BCUT2D eigenvalue weighted by Gasteiger charge is 2.22. The Labute approximate surface area is 262 Å². The lowest BCUT2D eigenvalue weighted by Crippen LogP contribution is -2.16. The number of carbonyl (C=O) groups is 4.